The van der Waals surface area contributed by atoms with Crippen molar-refractivity contribution < 1.29 is 19.5 Å². The maximum absolute atomic E-state index is 11.9. The van der Waals surface area contributed by atoms with Gasteiger partial charge in [0.2, 0.25) is 5.91 Å². The standard InChI is InChI=1S/C14H24N2O4/c1-10-6-8-11(9-7-10)16(2)14(20)15-12(17)4-3-5-13(18)19/h10-11H,3-9H2,1-2H3,(H,18,19)(H,15,17,20). The van der Waals surface area contributed by atoms with Crippen LogP contribution >= 0.6 is 0 Å². The highest BCUT2D eigenvalue weighted by Gasteiger charge is 2.25. The molecule has 1 aliphatic rings. The van der Waals surface area contributed by atoms with Crippen LogP contribution in [0.25, 0.3) is 0 Å². The van der Waals surface area contributed by atoms with Crippen molar-refractivity contribution in [3.8, 4) is 0 Å². The Kier molecular flexibility index (Phi) is 6.48. The second kappa shape index (κ2) is 7.87. The molecule has 0 unspecified atom stereocenters. The van der Waals surface area contributed by atoms with Crippen molar-refractivity contribution in [2.45, 2.75) is 57.9 Å². The van der Waals surface area contributed by atoms with E-state index in [1.165, 1.54) is 0 Å². The van der Waals surface area contributed by atoms with E-state index in [9.17, 15) is 14.4 Å². The smallest absolute Gasteiger partial charge is 0.324 e. The SMILES string of the molecule is CC1CCC(N(C)C(=O)NC(=O)CCCC(=O)O)CC1. The number of carbonyl (C=O) groups is 3. The van der Waals surface area contributed by atoms with Crippen LogP contribution in [-0.2, 0) is 9.59 Å². The zero-order valence-corrected chi connectivity index (χ0v) is 12.2. The summed E-state index contributed by atoms with van der Waals surface area (Å²) in [5, 5.41) is 10.8. The number of nitrogens with zero attached hydrogens (tertiary/aromatic N) is 1. The molecule has 1 aliphatic carbocycles. The molecular weight excluding hydrogens is 260 g/mol. The molecule has 3 amide bonds. The third-order valence-corrected chi connectivity index (χ3v) is 3.89. The second-order valence-electron chi connectivity index (χ2n) is 5.63. The fraction of sp³-hybridized carbons (Fsp3) is 0.786. The predicted molar refractivity (Wildman–Crippen MR) is 74.2 cm³/mol. The lowest BCUT2D eigenvalue weighted by Gasteiger charge is -2.33. The molecule has 114 valence electrons. The molecule has 0 heterocycles. The average Bonchev–Trinajstić information content (AvgIpc) is 2.38. The Balaban J connectivity index is 2.30. The minimum absolute atomic E-state index is 0.0576. The Hall–Kier alpha value is -1.59. The number of rotatable bonds is 5. The lowest BCUT2D eigenvalue weighted by Crippen LogP contribution is -2.46. The number of aliphatic carboxylic acids is 1. The topological polar surface area (TPSA) is 86.7 Å². The number of amides is 3. The van der Waals surface area contributed by atoms with E-state index in [0.29, 0.717) is 5.92 Å². The number of hydrogen-bond acceptors (Lipinski definition) is 3. The Bertz CT molecular complexity index is 362. The second-order valence-corrected chi connectivity index (χ2v) is 5.63. The summed E-state index contributed by atoms with van der Waals surface area (Å²) in [6.45, 7) is 2.21. The van der Waals surface area contributed by atoms with Crippen LogP contribution in [0, 0.1) is 5.92 Å². The summed E-state index contributed by atoms with van der Waals surface area (Å²) in [4.78, 5) is 35.4. The lowest BCUT2D eigenvalue weighted by atomic mass is 9.87. The molecule has 0 saturated heterocycles. The minimum Gasteiger partial charge on any atom is -0.481 e. The predicted octanol–water partition coefficient (Wildman–Crippen LogP) is 1.99. The fourth-order valence-electron chi connectivity index (χ4n) is 2.47. The van der Waals surface area contributed by atoms with Gasteiger partial charge in [-0.1, -0.05) is 6.92 Å². The molecular formula is C14H24N2O4. The number of carbonyl (C=O) groups excluding carboxylic acids is 2. The molecule has 1 rings (SSSR count). The van der Waals surface area contributed by atoms with Crippen LogP contribution in [0.4, 0.5) is 4.79 Å². The first-order valence-corrected chi connectivity index (χ1v) is 7.18. The van der Waals surface area contributed by atoms with Gasteiger partial charge in [0.15, 0.2) is 0 Å². The fourth-order valence-corrected chi connectivity index (χ4v) is 2.47. The Labute approximate surface area is 119 Å². The minimum atomic E-state index is -0.933. The maximum Gasteiger partial charge on any atom is 0.324 e. The van der Waals surface area contributed by atoms with Crippen molar-refractivity contribution in [1.82, 2.24) is 10.2 Å². The van der Waals surface area contributed by atoms with Gasteiger partial charge in [-0.25, -0.2) is 4.79 Å². The van der Waals surface area contributed by atoms with Crippen LogP contribution < -0.4 is 5.32 Å². The first-order valence-electron chi connectivity index (χ1n) is 7.18. The molecule has 0 aromatic heterocycles. The Morgan fingerprint density at radius 1 is 1.15 bits per heavy atom. The summed E-state index contributed by atoms with van der Waals surface area (Å²) in [5.41, 5.74) is 0. The van der Waals surface area contributed by atoms with Crippen LogP contribution in [-0.4, -0.2) is 41.0 Å². The quantitative estimate of drug-likeness (QED) is 0.808. The molecule has 1 saturated carbocycles. The molecule has 0 radical (unpaired) electrons. The van der Waals surface area contributed by atoms with E-state index in [4.69, 9.17) is 5.11 Å². The normalized spacial score (nSPS) is 22.1. The molecule has 0 atom stereocenters. The van der Waals surface area contributed by atoms with Crippen LogP contribution in [0.1, 0.15) is 51.9 Å². The zero-order chi connectivity index (χ0) is 15.1. The molecule has 0 aromatic carbocycles. The molecule has 1 fully saturated rings. The van der Waals surface area contributed by atoms with E-state index in [1.54, 1.807) is 11.9 Å². The molecule has 0 aromatic rings. The van der Waals surface area contributed by atoms with Crippen molar-refractivity contribution in [3.05, 3.63) is 0 Å². The van der Waals surface area contributed by atoms with E-state index >= 15 is 0 Å². The van der Waals surface area contributed by atoms with Gasteiger partial charge in [-0.3, -0.25) is 14.9 Å². The first-order chi connectivity index (χ1) is 9.40. The van der Waals surface area contributed by atoms with Gasteiger partial charge in [-0.05, 0) is 38.0 Å². The van der Waals surface area contributed by atoms with Crippen molar-refractivity contribution in [1.29, 1.82) is 0 Å². The third-order valence-electron chi connectivity index (χ3n) is 3.89. The first kappa shape index (κ1) is 16.5. The monoisotopic (exact) mass is 284 g/mol. The highest BCUT2D eigenvalue weighted by Crippen LogP contribution is 2.26. The van der Waals surface area contributed by atoms with Crippen molar-refractivity contribution in [2.24, 2.45) is 5.92 Å². The average molecular weight is 284 g/mol. The van der Waals surface area contributed by atoms with Gasteiger partial charge in [0.05, 0.1) is 0 Å². The number of hydrogen-bond donors (Lipinski definition) is 2. The van der Waals surface area contributed by atoms with Gasteiger partial charge in [0, 0.05) is 25.9 Å². The van der Waals surface area contributed by atoms with Gasteiger partial charge in [-0.15, -0.1) is 0 Å². The molecule has 2 N–H and O–H groups in total. The molecule has 20 heavy (non-hydrogen) atoms. The van der Waals surface area contributed by atoms with Crippen molar-refractivity contribution >= 4 is 17.9 Å². The van der Waals surface area contributed by atoms with E-state index in [0.717, 1.165) is 25.7 Å². The zero-order valence-electron chi connectivity index (χ0n) is 12.2. The van der Waals surface area contributed by atoms with Gasteiger partial charge in [0.1, 0.15) is 0 Å². The summed E-state index contributed by atoms with van der Waals surface area (Å²) in [6.07, 6.45) is 4.41. The van der Waals surface area contributed by atoms with Gasteiger partial charge < -0.3 is 10.0 Å². The number of carboxylic acid groups (broad SMARTS) is 1. The van der Waals surface area contributed by atoms with Gasteiger partial charge in [-0.2, -0.15) is 0 Å². The maximum atomic E-state index is 11.9. The van der Waals surface area contributed by atoms with E-state index < -0.39 is 11.9 Å². The van der Waals surface area contributed by atoms with E-state index in [2.05, 4.69) is 12.2 Å². The number of carboxylic acids is 1. The molecule has 6 nitrogen and oxygen atoms in total. The van der Waals surface area contributed by atoms with E-state index in [1.807, 2.05) is 0 Å². The Morgan fingerprint density at radius 3 is 2.30 bits per heavy atom. The van der Waals surface area contributed by atoms with Crippen molar-refractivity contribution in [3.63, 3.8) is 0 Å². The van der Waals surface area contributed by atoms with Crippen molar-refractivity contribution in [2.75, 3.05) is 7.05 Å². The summed E-state index contributed by atoms with van der Waals surface area (Å²) in [7, 11) is 1.71. The summed E-state index contributed by atoms with van der Waals surface area (Å²) >= 11 is 0. The van der Waals surface area contributed by atoms with Crippen LogP contribution in [0.3, 0.4) is 0 Å². The number of urea groups is 1. The summed E-state index contributed by atoms with van der Waals surface area (Å²) < 4.78 is 0. The summed E-state index contributed by atoms with van der Waals surface area (Å²) in [6, 6.07) is -0.192. The Morgan fingerprint density at radius 2 is 1.75 bits per heavy atom. The lowest BCUT2D eigenvalue weighted by molar-refractivity contribution is -0.137. The molecule has 0 aliphatic heterocycles. The largest absolute Gasteiger partial charge is 0.481 e. The highest BCUT2D eigenvalue weighted by atomic mass is 16.4. The number of nitrogens with one attached hydrogen (secondary N) is 1. The van der Waals surface area contributed by atoms with Gasteiger partial charge in [0.25, 0.3) is 0 Å². The van der Waals surface area contributed by atoms with Crippen LogP contribution in [0.15, 0.2) is 0 Å². The van der Waals surface area contributed by atoms with E-state index in [-0.39, 0.29) is 31.3 Å². The molecule has 0 bridgehead atoms. The van der Waals surface area contributed by atoms with Crippen LogP contribution in [0.2, 0.25) is 0 Å². The highest BCUT2D eigenvalue weighted by molar-refractivity contribution is 5.94. The third kappa shape index (κ3) is 5.59. The van der Waals surface area contributed by atoms with Gasteiger partial charge >= 0.3 is 12.0 Å². The van der Waals surface area contributed by atoms with Crippen LogP contribution in [0.5, 0.6) is 0 Å². The molecule has 0 spiro atoms. The molecule has 6 heteroatoms. The number of imide groups is 1. The summed E-state index contributed by atoms with van der Waals surface area (Å²) in [5.74, 6) is -0.634.